The molecular weight excluding hydrogens is 534 g/mol. The molecule has 0 bridgehead atoms. The van der Waals surface area contributed by atoms with Crippen LogP contribution in [0.4, 0.5) is 34.1 Å². The summed E-state index contributed by atoms with van der Waals surface area (Å²) in [5.74, 6) is -0.299. The van der Waals surface area contributed by atoms with Crippen LogP contribution in [-0.2, 0) is 9.53 Å². The largest absolute Gasteiger partial charge is 0.463 e. The van der Waals surface area contributed by atoms with Gasteiger partial charge in [-0.3, -0.25) is 14.9 Å². The minimum atomic E-state index is -0.856. The second-order valence-corrected chi connectivity index (χ2v) is 11.9. The first-order valence-corrected chi connectivity index (χ1v) is 13.6. The Morgan fingerprint density at radius 3 is 1.52 bits per heavy atom. The average molecular weight is 574 g/mol. The van der Waals surface area contributed by atoms with E-state index in [1.165, 1.54) is 24.3 Å². The van der Waals surface area contributed by atoms with Crippen molar-refractivity contribution < 1.29 is 14.5 Å². The molecule has 0 heterocycles. The number of benzene rings is 3. The van der Waals surface area contributed by atoms with Crippen molar-refractivity contribution in [2.75, 3.05) is 25.1 Å². The highest BCUT2D eigenvalue weighted by molar-refractivity contribution is 5.79. The van der Waals surface area contributed by atoms with Gasteiger partial charge in [-0.05, 0) is 86.8 Å². The Hall–Kier alpha value is -4.51. The number of anilines is 1. The van der Waals surface area contributed by atoms with Crippen LogP contribution in [0.5, 0.6) is 0 Å². The van der Waals surface area contributed by atoms with Gasteiger partial charge in [-0.15, -0.1) is 0 Å². The molecule has 0 aliphatic carbocycles. The van der Waals surface area contributed by atoms with Gasteiger partial charge in [0.05, 0.1) is 39.6 Å². The Morgan fingerprint density at radius 2 is 1.17 bits per heavy atom. The van der Waals surface area contributed by atoms with Crippen molar-refractivity contribution in [3.8, 4) is 0 Å². The van der Waals surface area contributed by atoms with Crippen LogP contribution >= 0.6 is 0 Å². The Balaban J connectivity index is 1.53. The molecule has 0 amide bonds. The molecule has 0 radical (unpaired) electrons. The summed E-state index contributed by atoms with van der Waals surface area (Å²) in [4.78, 5) is 25.4. The van der Waals surface area contributed by atoms with Crippen molar-refractivity contribution in [1.29, 1.82) is 0 Å². The lowest BCUT2D eigenvalue weighted by molar-refractivity contribution is -0.384. The number of carbonyl (C=O) groups is 1. The molecule has 0 aliphatic heterocycles. The molecule has 2 N–H and O–H groups in total. The number of hydrogen-bond acceptors (Lipinski definition) is 10. The molecule has 0 fully saturated rings. The van der Waals surface area contributed by atoms with Crippen LogP contribution in [0.2, 0.25) is 0 Å². The number of ether oxygens (including phenoxy) is 1. The maximum Gasteiger partial charge on any atom is 0.314 e. The van der Waals surface area contributed by atoms with Crippen LogP contribution in [0, 0.1) is 20.9 Å². The van der Waals surface area contributed by atoms with E-state index < -0.39 is 15.9 Å². The number of rotatable bonds is 11. The number of likely N-dealkylation sites (N-methyl/N-ethyl adjacent to an activating group) is 1. The number of esters is 1. The van der Waals surface area contributed by atoms with Gasteiger partial charge in [0, 0.05) is 30.4 Å². The molecule has 0 saturated heterocycles. The third kappa shape index (κ3) is 7.82. The van der Waals surface area contributed by atoms with Crippen molar-refractivity contribution in [2.45, 2.75) is 47.1 Å². The van der Waals surface area contributed by atoms with Gasteiger partial charge in [0.1, 0.15) is 6.61 Å². The van der Waals surface area contributed by atoms with Gasteiger partial charge in [0.25, 0.3) is 5.69 Å². The first kappa shape index (κ1) is 32.0. The van der Waals surface area contributed by atoms with Gasteiger partial charge in [0.15, 0.2) is 0 Å². The number of non-ortho nitro benzene ring substituents is 1. The molecule has 42 heavy (non-hydrogen) atoms. The molecule has 0 aromatic heterocycles. The van der Waals surface area contributed by atoms with Crippen molar-refractivity contribution >= 4 is 40.1 Å². The van der Waals surface area contributed by atoms with E-state index in [1.54, 1.807) is 24.3 Å². The molecule has 222 valence electrons. The minimum Gasteiger partial charge on any atom is -0.463 e. The fourth-order valence-corrected chi connectivity index (χ4v) is 4.32. The van der Waals surface area contributed by atoms with Crippen molar-refractivity contribution in [2.24, 2.45) is 37.0 Å². The Kier molecular flexibility index (Phi) is 9.90. The summed E-state index contributed by atoms with van der Waals surface area (Å²) >= 11 is 0. The van der Waals surface area contributed by atoms with E-state index in [4.69, 9.17) is 10.5 Å². The van der Waals surface area contributed by atoms with Crippen LogP contribution < -0.4 is 10.6 Å². The quantitative estimate of drug-likeness (QED) is 0.106. The van der Waals surface area contributed by atoms with Crippen LogP contribution in [0.15, 0.2) is 93.3 Å². The maximum atomic E-state index is 13.1. The topological polar surface area (TPSA) is 148 Å². The van der Waals surface area contributed by atoms with Crippen LogP contribution in [0.1, 0.15) is 41.5 Å². The minimum absolute atomic E-state index is 0.000200. The van der Waals surface area contributed by atoms with Gasteiger partial charge >= 0.3 is 5.97 Å². The zero-order chi connectivity index (χ0) is 31.1. The van der Waals surface area contributed by atoms with E-state index >= 15 is 0 Å². The zero-order valence-electron chi connectivity index (χ0n) is 25.2. The molecule has 0 spiro atoms. The smallest absolute Gasteiger partial charge is 0.314 e. The average Bonchev–Trinajstić information content (AvgIpc) is 2.94. The van der Waals surface area contributed by atoms with Crippen LogP contribution in [0.3, 0.4) is 0 Å². The molecule has 3 aromatic rings. The standard InChI is InChI=1S/C31H39N7O4/c1-29(2,3)31(6,30(4,5)32)28(39)42-21-20-37(7)26-16-12-24(13-17-26)35-33-22-8-10-23(11-9-22)34-36-25-14-18-27(19-15-25)38(40)41/h8-19H,20-21,32H2,1-7H3. The van der Waals surface area contributed by atoms with Gasteiger partial charge in [-0.2, -0.15) is 20.5 Å². The van der Waals surface area contributed by atoms with E-state index in [0.717, 1.165) is 5.69 Å². The van der Waals surface area contributed by atoms with Gasteiger partial charge in [-0.25, -0.2) is 0 Å². The predicted molar refractivity (Wildman–Crippen MR) is 164 cm³/mol. The lowest BCUT2D eigenvalue weighted by Gasteiger charge is -2.48. The number of nitro groups is 1. The summed E-state index contributed by atoms with van der Waals surface area (Å²) in [6, 6.07) is 20.5. The lowest BCUT2D eigenvalue weighted by Crippen LogP contribution is -2.60. The highest BCUT2D eigenvalue weighted by atomic mass is 16.6. The van der Waals surface area contributed by atoms with Crippen LogP contribution in [0.25, 0.3) is 0 Å². The molecule has 3 aromatic carbocycles. The molecule has 1 atom stereocenters. The number of hydrogen-bond donors (Lipinski definition) is 1. The fourth-order valence-electron chi connectivity index (χ4n) is 4.32. The molecule has 1 unspecified atom stereocenters. The highest BCUT2D eigenvalue weighted by Gasteiger charge is 2.54. The summed E-state index contributed by atoms with van der Waals surface area (Å²) in [6.45, 7) is 12.4. The SMILES string of the molecule is CN(CCOC(=O)C(C)(C(C)(C)C)C(C)(C)N)c1ccc(N=Nc2ccc(N=Nc3ccc([N+](=O)[O-])cc3)cc2)cc1. The Bertz CT molecular complexity index is 1410. The van der Waals surface area contributed by atoms with Crippen molar-refractivity contribution in [3.05, 3.63) is 82.9 Å². The summed E-state index contributed by atoms with van der Waals surface area (Å²) in [6.07, 6.45) is 0. The van der Waals surface area contributed by atoms with E-state index in [2.05, 4.69) is 20.5 Å². The summed E-state index contributed by atoms with van der Waals surface area (Å²) in [5, 5.41) is 27.6. The molecule has 0 saturated carbocycles. The molecule has 11 heteroatoms. The third-order valence-corrected chi connectivity index (χ3v) is 7.62. The van der Waals surface area contributed by atoms with Gasteiger partial charge in [0.2, 0.25) is 0 Å². The normalized spacial score (nSPS) is 13.7. The van der Waals surface area contributed by atoms with Crippen molar-refractivity contribution in [1.82, 2.24) is 0 Å². The highest BCUT2D eigenvalue weighted by Crippen LogP contribution is 2.46. The fraction of sp³-hybridized carbons (Fsp3) is 0.387. The number of nitrogens with zero attached hydrogens (tertiary/aromatic N) is 6. The van der Waals surface area contributed by atoms with E-state index in [0.29, 0.717) is 29.3 Å². The van der Waals surface area contributed by atoms with Crippen LogP contribution in [-0.4, -0.2) is 36.6 Å². The van der Waals surface area contributed by atoms with E-state index in [9.17, 15) is 14.9 Å². The zero-order valence-corrected chi connectivity index (χ0v) is 25.2. The van der Waals surface area contributed by atoms with E-state index in [1.807, 2.05) is 77.8 Å². The second-order valence-electron chi connectivity index (χ2n) is 11.9. The van der Waals surface area contributed by atoms with Crippen molar-refractivity contribution in [3.63, 3.8) is 0 Å². The summed E-state index contributed by atoms with van der Waals surface area (Å²) < 4.78 is 5.69. The lowest BCUT2D eigenvalue weighted by atomic mass is 9.58. The second kappa shape index (κ2) is 13.0. The van der Waals surface area contributed by atoms with Gasteiger partial charge in [-0.1, -0.05) is 20.8 Å². The molecular formula is C31H39N7O4. The number of carbonyl (C=O) groups excluding carboxylic acids is 1. The first-order chi connectivity index (χ1) is 19.6. The number of azo groups is 2. The summed E-state index contributed by atoms with van der Waals surface area (Å²) in [7, 11) is 1.93. The third-order valence-electron chi connectivity index (χ3n) is 7.62. The Labute approximate surface area is 246 Å². The summed E-state index contributed by atoms with van der Waals surface area (Å²) in [5.41, 5.74) is 7.83. The number of nitrogens with two attached hydrogens (primary N) is 1. The predicted octanol–water partition coefficient (Wildman–Crippen LogP) is 8.19. The van der Waals surface area contributed by atoms with Gasteiger partial charge < -0.3 is 15.4 Å². The molecule has 11 nitrogen and oxygen atoms in total. The number of nitro benzene ring substituents is 1. The monoisotopic (exact) mass is 573 g/mol. The maximum absolute atomic E-state index is 13.1. The Morgan fingerprint density at radius 1 is 0.786 bits per heavy atom. The molecule has 3 rings (SSSR count). The first-order valence-electron chi connectivity index (χ1n) is 13.6. The van der Waals surface area contributed by atoms with E-state index in [-0.39, 0.29) is 23.7 Å². The molecule has 0 aliphatic rings.